The number of aromatic nitrogens is 4. The smallest absolute Gasteiger partial charge is 0.407 e. The largest absolute Gasteiger partial charge is 0.465 e. The number of likely N-dealkylation sites (tertiary alicyclic amines) is 3. The lowest BCUT2D eigenvalue weighted by atomic mass is 9.73. The molecule has 4 aromatic rings. The van der Waals surface area contributed by atoms with E-state index in [0.29, 0.717) is 30.9 Å². The molecule has 3 fully saturated rings. The monoisotopic (exact) mass is 652 g/mol. The molecule has 3 aliphatic rings. The fourth-order valence-corrected chi connectivity index (χ4v) is 8.25. The van der Waals surface area contributed by atoms with Crippen molar-refractivity contribution in [3.8, 4) is 22.8 Å². The van der Waals surface area contributed by atoms with Crippen LogP contribution < -0.4 is 10.5 Å². The number of para-hydroxylation sites is 1. The molecule has 48 heavy (non-hydrogen) atoms. The number of fused-ring (bicyclic) bond motifs is 1. The minimum Gasteiger partial charge on any atom is -0.465 e. The zero-order valence-corrected chi connectivity index (χ0v) is 28.2. The number of carbonyl (C=O) groups is 1. The number of benzene rings is 2. The molecular weight excluding hydrogens is 604 g/mol. The van der Waals surface area contributed by atoms with Gasteiger partial charge in [0.05, 0.1) is 11.4 Å². The summed E-state index contributed by atoms with van der Waals surface area (Å²) >= 11 is 0. The zero-order chi connectivity index (χ0) is 33.3. The number of piperidine rings is 3. The van der Waals surface area contributed by atoms with E-state index < -0.39 is 6.09 Å². The van der Waals surface area contributed by atoms with E-state index in [1.807, 2.05) is 54.6 Å². The topological polar surface area (TPSA) is 126 Å². The Morgan fingerprint density at radius 1 is 0.854 bits per heavy atom. The molecule has 11 heteroatoms. The summed E-state index contributed by atoms with van der Waals surface area (Å²) in [6, 6.07) is 18.6. The molecule has 254 valence electrons. The van der Waals surface area contributed by atoms with Crippen LogP contribution in [0.2, 0.25) is 0 Å². The Bertz CT molecular complexity index is 1690. The van der Waals surface area contributed by atoms with E-state index in [2.05, 4.69) is 38.3 Å². The van der Waals surface area contributed by atoms with Crippen LogP contribution in [-0.4, -0.2) is 97.5 Å². The van der Waals surface area contributed by atoms with Crippen molar-refractivity contribution in [3.05, 3.63) is 60.9 Å². The van der Waals surface area contributed by atoms with Crippen LogP contribution in [0.3, 0.4) is 0 Å². The molecule has 2 aromatic carbocycles. The van der Waals surface area contributed by atoms with Crippen LogP contribution in [0.15, 0.2) is 60.9 Å². The fourth-order valence-electron chi connectivity index (χ4n) is 8.25. The third-order valence-corrected chi connectivity index (χ3v) is 11.0. The van der Waals surface area contributed by atoms with E-state index in [-0.39, 0.29) is 11.5 Å². The van der Waals surface area contributed by atoms with Crippen molar-refractivity contribution in [3.63, 3.8) is 0 Å². The van der Waals surface area contributed by atoms with Crippen molar-refractivity contribution in [2.45, 2.75) is 64.5 Å². The van der Waals surface area contributed by atoms with Gasteiger partial charge in [-0.25, -0.2) is 19.4 Å². The summed E-state index contributed by atoms with van der Waals surface area (Å²) in [7, 11) is 0. The van der Waals surface area contributed by atoms with Gasteiger partial charge in [-0.15, -0.1) is 0 Å². The fraction of sp³-hybridized carbons (Fsp3) is 0.514. The molecule has 0 radical (unpaired) electrons. The number of amides is 1. The molecule has 0 atom stereocenters. The molecule has 0 bridgehead atoms. The Balaban J connectivity index is 0.957. The van der Waals surface area contributed by atoms with Gasteiger partial charge in [-0.3, -0.25) is 0 Å². The molecule has 3 saturated heterocycles. The Kier molecular flexibility index (Phi) is 9.24. The predicted octanol–water partition coefficient (Wildman–Crippen LogP) is 6.39. The van der Waals surface area contributed by atoms with E-state index in [1.165, 1.54) is 12.8 Å². The predicted molar refractivity (Wildman–Crippen MR) is 187 cm³/mol. The summed E-state index contributed by atoms with van der Waals surface area (Å²) in [5.74, 6) is 2.57. The molecule has 0 saturated carbocycles. The molecule has 3 N–H and O–H groups in total. The average Bonchev–Trinajstić information content (AvgIpc) is 3.50. The van der Waals surface area contributed by atoms with Gasteiger partial charge in [-0.1, -0.05) is 32.0 Å². The lowest BCUT2D eigenvalue weighted by Gasteiger charge is -2.46. The Hall–Kier alpha value is -4.22. The van der Waals surface area contributed by atoms with Crippen molar-refractivity contribution in [2.24, 2.45) is 11.3 Å². The molecular formula is C37H48N8O3. The van der Waals surface area contributed by atoms with Crippen molar-refractivity contribution in [1.82, 2.24) is 34.4 Å². The molecule has 3 aliphatic heterocycles. The highest BCUT2D eigenvalue weighted by Crippen LogP contribution is 2.38. The minimum absolute atomic E-state index is 0.187. The first-order valence-corrected chi connectivity index (χ1v) is 17.5. The lowest BCUT2D eigenvalue weighted by molar-refractivity contribution is 0.0343. The van der Waals surface area contributed by atoms with Gasteiger partial charge in [0.15, 0.2) is 5.65 Å². The number of anilines is 1. The number of nitrogen functional groups attached to an aromatic ring is 1. The van der Waals surface area contributed by atoms with Crippen LogP contribution in [0.5, 0.6) is 11.5 Å². The van der Waals surface area contributed by atoms with E-state index in [1.54, 1.807) is 11.2 Å². The van der Waals surface area contributed by atoms with Crippen molar-refractivity contribution >= 4 is 22.9 Å². The highest BCUT2D eigenvalue weighted by Gasteiger charge is 2.37. The van der Waals surface area contributed by atoms with E-state index >= 15 is 0 Å². The van der Waals surface area contributed by atoms with Crippen LogP contribution in [0, 0.1) is 11.3 Å². The van der Waals surface area contributed by atoms with E-state index in [4.69, 9.17) is 15.6 Å². The summed E-state index contributed by atoms with van der Waals surface area (Å²) in [4.78, 5) is 27.2. The van der Waals surface area contributed by atoms with Gasteiger partial charge in [-0.2, -0.15) is 5.10 Å². The normalized spacial score (nSPS) is 19.6. The molecule has 0 aliphatic carbocycles. The first kappa shape index (κ1) is 32.3. The summed E-state index contributed by atoms with van der Waals surface area (Å²) < 4.78 is 8.10. The van der Waals surface area contributed by atoms with Crippen LogP contribution in [0.25, 0.3) is 22.3 Å². The van der Waals surface area contributed by atoms with E-state index in [0.717, 1.165) is 92.2 Å². The number of hydrogen-bond acceptors (Lipinski definition) is 8. The molecule has 7 rings (SSSR count). The van der Waals surface area contributed by atoms with Crippen molar-refractivity contribution in [1.29, 1.82) is 0 Å². The number of ether oxygens (including phenoxy) is 1. The van der Waals surface area contributed by atoms with Gasteiger partial charge in [0.2, 0.25) is 0 Å². The number of nitrogens with zero attached hydrogens (tertiary/aromatic N) is 7. The Labute approximate surface area is 282 Å². The third-order valence-electron chi connectivity index (χ3n) is 11.0. The van der Waals surface area contributed by atoms with Gasteiger partial charge >= 0.3 is 6.09 Å². The minimum atomic E-state index is -0.782. The second kappa shape index (κ2) is 13.7. The molecule has 0 unspecified atom stereocenters. The highest BCUT2D eigenvalue weighted by atomic mass is 16.5. The molecule has 5 heterocycles. The van der Waals surface area contributed by atoms with Gasteiger partial charge < -0.3 is 30.3 Å². The van der Waals surface area contributed by atoms with Crippen LogP contribution in [0.4, 0.5) is 10.6 Å². The maximum Gasteiger partial charge on any atom is 0.407 e. The van der Waals surface area contributed by atoms with Crippen molar-refractivity contribution in [2.75, 3.05) is 51.5 Å². The summed E-state index contributed by atoms with van der Waals surface area (Å²) in [5.41, 5.74) is 9.18. The molecule has 11 nitrogen and oxygen atoms in total. The number of carboxylic acid groups (broad SMARTS) is 1. The number of nitrogens with two attached hydrogens (primary N) is 1. The summed E-state index contributed by atoms with van der Waals surface area (Å²) in [6.45, 7) is 11.5. The first-order valence-electron chi connectivity index (χ1n) is 17.5. The van der Waals surface area contributed by atoms with Gasteiger partial charge in [0, 0.05) is 44.3 Å². The quantitative estimate of drug-likeness (QED) is 0.223. The second-order valence-corrected chi connectivity index (χ2v) is 14.5. The molecule has 0 spiro atoms. The van der Waals surface area contributed by atoms with Gasteiger partial charge in [0.25, 0.3) is 0 Å². The zero-order valence-electron chi connectivity index (χ0n) is 28.2. The second-order valence-electron chi connectivity index (χ2n) is 14.5. The first-order chi connectivity index (χ1) is 23.2. The van der Waals surface area contributed by atoms with Crippen molar-refractivity contribution < 1.29 is 14.6 Å². The van der Waals surface area contributed by atoms with Crippen LogP contribution >= 0.6 is 0 Å². The highest BCUT2D eigenvalue weighted by molar-refractivity contribution is 5.98. The Morgan fingerprint density at radius 2 is 1.50 bits per heavy atom. The van der Waals surface area contributed by atoms with Crippen LogP contribution in [-0.2, 0) is 0 Å². The maximum absolute atomic E-state index is 11.3. The number of hydrogen-bond donors (Lipinski definition) is 2. The average molecular weight is 653 g/mol. The molecule has 1 amide bonds. The van der Waals surface area contributed by atoms with Gasteiger partial charge in [-0.05, 0) is 99.3 Å². The number of rotatable bonds is 8. The standard InChI is InChI=1S/C37H48N8O3/c1-37(2,27-12-20-44(21-13-27)36(46)47)24-42-18-14-28(15-19-42)43-22-16-29(17-23-43)45-35-32(34(38)39-25-40-35)33(41-45)26-8-10-31(11-9-26)48-30-6-4-3-5-7-30/h3-11,25,27-29H,12-24H2,1-2H3,(H,46,47)(H2,38,39,40). The summed E-state index contributed by atoms with van der Waals surface area (Å²) in [6.07, 6.45) is 7.12. The maximum atomic E-state index is 11.3. The Morgan fingerprint density at radius 3 is 2.17 bits per heavy atom. The SMILES string of the molecule is CC(C)(CN1CCC(N2CCC(n3nc(-c4ccc(Oc5ccccc5)cc4)c4c(N)ncnc43)CC2)CC1)C1CCN(C(=O)O)CC1. The molecule has 2 aromatic heterocycles. The third kappa shape index (κ3) is 6.84. The van der Waals surface area contributed by atoms with Gasteiger partial charge in [0.1, 0.15) is 29.3 Å². The van der Waals surface area contributed by atoms with E-state index in [9.17, 15) is 9.90 Å². The lowest BCUT2D eigenvalue weighted by Crippen LogP contribution is -2.51. The summed E-state index contributed by atoms with van der Waals surface area (Å²) in [5, 5.41) is 15.3. The van der Waals surface area contributed by atoms with Crippen LogP contribution in [0.1, 0.15) is 58.4 Å².